The van der Waals surface area contributed by atoms with Gasteiger partial charge in [-0.3, -0.25) is 38.8 Å². The molecule has 0 saturated carbocycles. The van der Waals surface area contributed by atoms with Gasteiger partial charge in [0.05, 0.1) is 19.5 Å². The molecule has 12 aromatic carbocycles. The molecule has 142 heavy (non-hydrogen) atoms. The zero-order valence-corrected chi connectivity index (χ0v) is 86.3. The second kappa shape index (κ2) is 45.3. The first-order chi connectivity index (χ1) is 68.5. The largest absolute Gasteiger partial charge is 0.508 e. The Labute approximate surface area is 848 Å². The molecule has 4 aliphatic rings. The van der Waals surface area contributed by atoms with Crippen molar-refractivity contribution >= 4 is 109 Å². The molecule has 4 fully saturated rings. The molecule has 0 aliphatic carbocycles. The van der Waals surface area contributed by atoms with Crippen LogP contribution in [0.4, 0.5) is 4.39 Å². The van der Waals surface area contributed by atoms with Gasteiger partial charge >= 0.3 is 0 Å². The Kier molecular flexibility index (Phi) is 32.2. The maximum Gasteiger partial charge on any atom is 0.204 e. The molecule has 4 unspecified atom stereocenters. The van der Waals surface area contributed by atoms with Crippen LogP contribution in [0.15, 0.2) is 237 Å². The summed E-state index contributed by atoms with van der Waals surface area (Å²) in [4.78, 5) is 67.8. The number of ketones is 4. The van der Waals surface area contributed by atoms with Crippen LogP contribution in [0.3, 0.4) is 0 Å². The second-order valence-electron chi connectivity index (χ2n) is 39.0. The van der Waals surface area contributed by atoms with E-state index in [-0.39, 0.29) is 51.9 Å². The Balaban J connectivity index is 0.000000130. The highest BCUT2D eigenvalue weighted by Gasteiger charge is 2.32. The summed E-state index contributed by atoms with van der Waals surface area (Å²) >= 11 is 5.67. The summed E-state index contributed by atoms with van der Waals surface area (Å²) in [6.07, 6.45) is 5.85. The summed E-state index contributed by atoms with van der Waals surface area (Å²) in [5, 5.41) is 44.1. The number of nitrogens with zero attached hydrogens (tertiary/aromatic N) is 4. The molecular formula is C121H125FN4O12S4. The number of hydrogen-bond acceptors (Lipinski definition) is 20. The normalized spacial score (nSPS) is 16.1. The maximum absolute atomic E-state index is 13.9. The lowest BCUT2D eigenvalue weighted by atomic mass is 9.92. The minimum absolute atomic E-state index is 0.0245. The fourth-order valence-corrected chi connectivity index (χ4v) is 25.4. The number of hydrogen-bond donors (Lipinski definition) is 4. The highest BCUT2D eigenvalue weighted by Crippen LogP contribution is 2.48. The third-order valence-corrected chi connectivity index (χ3v) is 32.4. The van der Waals surface area contributed by atoms with Crippen molar-refractivity contribution in [3.05, 3.63) is 329 Å². The molecule has 0 spiro atoms. The highest BCUT2D eigenvalue weighted by atomic mass is 32.1. The van der Waals surface area contributed by atoms with E-state index in [1.807, 2.05) is 191 Å². The van der Waals surface area contributed by atoms with Crippen molar-refractivity contribution < 1.29 is 62.9 Å². The number of phenolic OH excluding ortho intramolecular Hbond substituents is 4. The summed E-state index contributed by atoms with van der Waals surface area (Å²) in [5.74, 6) is 6.73. The topological polar surface area (TPSA) is 199 Å². The van der Waals surface area contributed by atoms with Crippen molar-refractivity contribution in [2.24, 2.45) is 23.7 Å². The van der Waals surface area contributed by atoms with Crippen LogP contribution >= 0.6 is 45.3 Å². The molecule has 8 heterocycles. The predicted molar refractivity (Wildman–Crippen MR) is 581 cm³/mol. The minimum atomic E-state index is -0.349. The Morgan fingerprint density at radius 3 is 0.866 bits per heavy atom. The van der Waals surface area contributed by atoms with Gasteiger partial charge in [0.2, 0.25) is 23.1 Å². The third-order valence-electron chi connectivity index (χ3n) is 27.8. The van der Waals surface area contributed by atoms with Crippen LogP contribution in [0.1, 0.15) is 166 Å². The Bertz CT molecular complexity index is 7000. The van der Waals surface area contributed by atoms with E-state index < -0.39 is 0 Å². The number of fused-ring (bicyclic) bond motifs is 4. The third kappa shape index (κ3) is 23.5. The SMILES string of the molecule is CCc1ccccc1C(=O)c1sc2cc(O)ccc2c1-c1ccc(OCCN2CCC(C)C2)cc1.Cc1cc(C)c(C(=O)c2sc3cc(O)ccc3c2-c2ccc(OCCN3CCC(C)C3)cc2)c(C)c1.Cc1cc(F)cc(C)c1C(=O)c1sc2cc(O)ccc2c1-c1ccc(OCCN2CCC(C)C2)cc1.Cc1cccc(C)c1C(=O)c1sc2cc(O)ccc2c1-c1ccc(OCCN2CCC(C)C2)cc1. The zero-order valence-electron chi connectivity index (χ0n) is 83.0. The van der Waals surface area contributed by atoms with Gasteiger partial charge in [0, 0.05) is 137 Å². The number of carbonyl (C=O) groups excluding carboxylic acids is 4. The standard InChI is InChI=1S/C31H33NO3S.C30H30FNO3S.2C30H31NO3S/c1-19-11-12-32(18-19)13-14-35-25-8-5-23(6-9-25)29-26-10-7-24(33)17-27(26)36-31(29)30(34)28-21(3)15-20(2)16-22(28)4;1-18-10-11-32(17-18)12-13-35-24-7-4-21(5-8-24)28-25-9-6-23(33)16-26(25)36-30(28)29(34)27-19(2)14-22(31)15-20(27)3;1-19-13-14-31(18-19)15-16-34-24-10-7-22(8-11-24)28-25-12-9-23(32)17-26(25)35-30(28)29(33)27-20(2)5-4-6-21(27)3;1-3-21-6-4-5-7-25(21)29(33)30-28(26-13-10-23(32)18-27(26)35-30)22-8-11-24(12-9-22)34-17-16-31-15-14-20(2)19-31/h5-10,15-17,19,33H,11-14,18H2,1-4H3;4-9,14-16,18,33H,10-13,17H2,1-3H3;4-12,17,19,32H,13-16,18H2,1-3H3;4-13,18,20,32H,3,14-17,19H2,1-2H3. The van der Waals surface area contributed by atoms with Crippen molar-refractivity contribution in [1.82, 2.24) is 19.6 Å². The Morgan fingerprint density at radius 1 is 0.324 bits per heavy atom. The molecule has 732 valence electrons. The lowest BCUT2D eigenvalue weighted by Crippen LogP contribution is -2.25. The fourth-order valence-electron chi connectivity index (χ4n) is 20.6. The summed E-state index contributed by atoms with van der Waals surface area (Å²) in [5.41, 5.74) is 17.5. The Hall–Kier alpha value is -12.7. The highest BCUT2D eigenvalue weighted by molar-refractivity contribution is 7.23. The van der Waals surface area contributed by atoms with E-state index in [0.717, 1.165) is 267 Å². The number of aromatic hydroxyl groups is 4. The van der Waals surface area contributed by atoms with Crippen molar-refractivity contribution in [3.8, 4) is 90.5 Å². The molecule has 0 amide bonds. The van der Waals surface area contributed by atoms with E-state index in [2.05, 4.69) is 73.3 Å². The summed E-state index contributed by atoms with van der Waals surface area (Å²) < 4.78 is 41.5. The Morgan fingerprint density at radius 2 is 0.592 bits per heavy atom. The molecule has 16 aromatic rings. The average molecular weight is 1970 g/mol. The predicted octanol–water partition coefficient (Wildman–Crippen LogP) is 27.8. The zero-order chi connectivity index (χ0) is 99.7. The van der Waals surface area contributed by atoms with Crippen molar-refractivity contribution in [2.75, 3.05) is 105 Å². The van der Waals surface area contributed by atoms with Crippen molar-refractivity contribution in [1.29, 1.82) is 0 Å². The van der Waals surface area contributed by atoms with Gasteiger partial charge in [0.25, 0.3) is 0 Å². The van der Waals surface area contributed by atoms with E-state index in [1.54, 1.807) is 62.4 Å². The number of phenols is 4. The number of ether oxygens (including phenoxy) is 4. The monoisotopic (exact) mass is 1970 g/mol. The maximum atomic E-state index is 13.9. The molecule has 4 aromatic heterocycles. The van der Waals surface area contributed by atoms with E-state index in [4.69, 9.17) is 18.9 Å². The molecule has 0 bridgehead atoms. The summed E-state index contributed by atoms with van der Waals surface area (Å²) in [7, 11) is 0. The second-order valence-corrected chi connectivity index (χ2v) is 43.2. The smallest absolute Gasteiger partial charge is 0.204 e. The van der Waals surface area contributed by atoms with Crippen LogP contribution in [0.5, 0.6) is 46.0 Å². The first kappa shape index (κ1) is 101. The van der Waals surface area contributed by atoms with Crippen LogP contribution in [0, 0.1) is 78.0 Å². The van der Waals surface area contributed by atoms with Crippen molar-refractivity contribution in [3.63, 3.8) is 0 Å². The van der Waals surface area contributed by atoms with Gasteiger partial charge in [-0.15, -0.1) is 45.3 Å². The number of benzene rings is 12. The van der Waals surface area contributed by atoms with Crippen molar-refractivity contribution in [2.45, 2.75) is 115 Å². The van der Waals surface area contributed by atoms with Crippen LogP contribution in [-0.2, 0) is 6.42 Å². The van der Waals surface area contributed by atoms with E-state index in [9.17, 15) is 44.0 Å². The molecule has 0 radical (unpaired) electrons. The van der Waals surface area contributed by atoms with Gasteiger partial charge < -0.3 is 39.4 Å². The molecule has 21 heteroatoms. The molecule has 16 nitrogen and oxygen atoms in total. The quantitative estimate of drug-likeness (QED) is 0.0323. The fraction of sp³-hybridized carbons (Fsp3) is 0.306. The van der Waals surface area contributed by atoms with E-state index >= 15 is 0 Å². The molecule has 4 atom stereocenters. The lowest BCUT2D eigenvalue weighted by Gasteiger charge is -2.16. The number of thiophene rings is 4. The number of carbonyl (C=O) groups is 4. The van der Waals surface area contributed by atoms with Gasteiger partial charge in [-0.25, -0.2) is 4.39 Å². The van der Waals surface area contributed by atoms with E-state index in [0.29, 0.717) is 62.6 Å². The first-order valence-electron chi connectivity index (χ1n) is 49.6. The van der Waals surface area contributed by atoms with Crippen LogP contribution in [-0.4, -0.2) is 168 Å². The molecule has 4 aliphatic heterocycles. The van der Waals surface area contributed by atoms with Crippen LogP contribution in [0.2, 0.25) is 0 Å². The van der Waals surface area contributed by atoms with Gasteiger partial charge in [0.1, 0.15) is 78.2 Å². The lowest BCUT2D eigenvalue weighted by molar-refractivity contribution is 0.103. The number of halogens is 1. The number of likely N-dealkylation sites (tertiary alicyclic amines) is 4. The average Bonchev–Trinajstić information content (AvgIpc) is 1.62. The van der Waals surface area contributed by atoms with Gasteiger partial charge in [-0.2, -0.15) is 0 Å². The minimum Gasteiger partial charge on any atom is -0.508 e. The van der Waals surface area contributed by atoms with Gasteiger partial charge in [-0.1, -0.05) is 143 Å². The first-order valence-corrected chi connectivity index (χ1v) is 52.8. The number of rotatable bonds is 29. The summed E-state index contributed by atoms with van der Waals surface area (Å²) in [6.45, 7) is 40.4. The number of aryl methyl sites for hydroxylation is 8. The molecule has 20 rings (SSSR count). The molecular weight excluding hydrogens is 1850 g/mol. The summed E-state index contributed by atoms with van der Waals surface area (Å²) in [6, 6.07) is 73.8. The molecule has 4 saturated heterocycles. The van der Waals surface area contributed by atoms with E-state index in [1.165, 1.54) is 83.2 Å². The molecule has 4 N–H and O–H groups in total. The van der Waals surface area contributed by atoms with Crippen LogP contribution in [0.25, 0.3) is 84.9 Å². The van der Waals surface area contributed by atoms with Crippen LogP contribution < -0.4 is 18.9 Å². The van der Waals surface area contributed by atoms with Gasteiger partial charge in [-0.05, 0) is 325 Å². The van der Waals surface area contributed by atoms with Gasteiger partial charge in [0.15, 0.2) is 0 Å².